The lowest BCUT2D eigenvalue weighted by Crippen LogP contribution is -2.10. The van der Waals surface area contributed by atoms with Crippen LogP contribution >= 0.6 is 0 Å². The summed E-state index contributed by atoms with van der Waals surface area (Å²) in [7, 11) is 0. The van der Waals surface area contributed by atoms with Crippen LogP contribution in [0.3, 0.4) is 0 Å². The van der Waals surface area contributed by atoms with E-state index in [0.717, 1.165) is 12.4 Å². The highest BCUT2D eigenvalue weighted by molar-refractivity contribution is 4.87. The van der Waals surface area contributed by atoms with E-state index < -0.39 is 0 Å². The van der Waals surface area contributed by atoms with Crippen LogP contribution in [-0.2, 0) is 16.0 Å². The maximum absolute atomic E-state index is 5.37. The van der Waals surface area contributed by atoms with Gasteiger partial charge in [-0.25, -0.2) is 4.98 Å². The standard InChI is InChI=1S/C11H16N2O2/c1-3-7-14-9-10-15-8-6-13-5-4-12-11(13)2/h1,4-5H,6-10H2,2H3. The number of aromatic nitrogens is 2. The average Bonchev–Trinajstić information content (AvgIpc) is 2.63. The summed E-state index contributed by atoms with van der Waals surface area (Å²) in [6, 6.07) is 0. The van der Waals surface area contributed by atoms with Crippen molar-refractivity contribution in [2.75, 3.05) is 26.4 Å². The fourth-order valence-corrected chi connectivity index (χ4v) is 1.15. The topological polar surface area (TPSA) is 36.3 Å². The number of imidazole rings is 1. The monoisotopic (exact) mass is 208 g/mol. The van der Waals surface area contributed by atoms with Gasteiger partial charge in [0.1, 0.15) is 12.4 Å². The minimum absolute atomic E-state index is 0.351. The molecule has 0 aliphatic carbocycles. The third-order valence-corrected chi connectivity index (χ3v) is 1.96. The number of terminal acetylenes is 1. The number of rotatable bonds is 7. The third-order valence-electron chi connectivity index (χ3n) is 1.96. The first-order valence-electron chi connectivity index (χ1n) is 4.91. The van der Waals surface area contributed by atoms with E-state index in [0.29, 0.717) is 26.4 Å². The molecule has 0 spiro atoms. The van der Waals surface area contributed by atoms with E-state index >= 15 is 0 Å². The summed E-state index contributed by atoms with van der Waals surface area (Å²) in [5.74, 6) is 3.40. The van der Waals surface area contributed by atoms with Crippen LogP contribution in [0.2, 0.25) is 0 Å². The Morgan fingerprint density at radius 2 is 2.20 bits per heavy atom. The normalized spacial score (nSPS) is 10.1. The van der Waals surface area contributed by atoms with E-state index in [1.165, 1.54) is 0 Å². The van der Waals surface area contributed by atoms with Gasteiger partial charge in [-0.2, -0.15) is 0 Å². The number of ether oxygens (including phenoxy) is 2. The zero-order chi connectivity index (χ0) is 10.9. The molecule has 82 valence electrons. The second-order valence-electron chi connectivity index (χ2n) is 3.04. The van der Waals surface area contributed by atoms with E-state index in [1.807, 2.05) is 17.7 Å². The van der Waals surface area contributed by atoms with Gasteiger partial charge in [0.25, 0.3) is 0 Å². The molecule has 0 radical (unpaired) electrons. The van der Waals surface area contributed by atoms with Crippen molar-refractivity contribution in [2.24, 2.45) is 0 Å². The van der Waals surface area contributed by atoms with Gasteiger partial charge in [0.05, 0.1) is 19.8 Å². The molecule has 1 rings (SSSR count). The number of hydrogen-bond donors (Lipinski definition) is 0. The molecule has 0 N–H and O–H groups in total. The largest absolute Gasteiger partial charge is 0.377 e. The molecule has 1 aromatic heterocycles. The molecule has 4 heteroatoms. The van der Waals surface area contributed by atoms with Crippen LogP contribution in [0.1, 0.15) is 5.82 Å². The smallest absolute Gasteiger partial charge is 0.107 e. The first-order valence-corrected chi connectivity index (χ1v) is 4.91. The van der Waals surface area contributed by atoms with Crippen molar-refractivity contribution in [1.29, 1.82) is 0 Å². The second-order valence-corrected chi connectivity index (χ2v) is 3.04. The number of aryl methyl sites for hydroxylation is 1. The predicted octanol–water partition coefficient (Wildman–Crippen LogP) is 0.858. The van der Waals surface area contributed by atoms with Gasteiger partial charge in [-0.15, -0.1) is 6.42 Å². The van der Waals surface area contributed by atoms with Crippen LogP contribution in [-0.4, -0.2) is 36.0 Å². The summed E-state index contributed by atoms with van der Waals surface area (Å²) in [6.07, 6.45) is 8.75. The fraction of sp³-hybridized carbons (Fsp3) is 0.545. The molecule has 0 aromatic carbocycles. The van der Waals surface area contributed by atoms with Crippen LogP contribution in [0.25, 0.3) is 0 Å². The van der Waals surface area contributed by atoms with Crippen molar-refractivity contribution in [2.45, 2.75) is 13.5 Å². The van der Waals surface area contributed by atoms with E-state index in [9.17, 15) is 0 Å². The maximum atomic E-state index is 5.37. The van der Waals surface area contributed by atoms with Gasteiger partial charge < -0.3 is 14.0 Å². The number of nitrogens with zero attached hydrogens (tertiary/aromatic N) is 2. The lowest BCUT2D eigenvalue weighted by molar-refractivity contribution is 0.0565. The Morgan fingerprint density at radius 1 is 1.40 bits per heavy atom. The summed E-state index contributed by atoms with van der Waals surface area (Å²) in [6.45, 7) is 4.93. The molecule has 0 unspecified atom stereocenters. The van der Waals surface area contributed by atoms with Crippen LogP contribution in [0.5, 0.6) is 0 Å². The van der Waals surface area contributed by atoms with Gasteiger partial charge in [0, 0.05) is 18.9 Å². The minimum atomic E-state index is 0.351. The van der Waals surface area contributed by atoms with E-state index in [1.54, 1.807) is 6.20 Å². The Hall–Kier alpha value is -1.31. The molecular weight excluding hydrogens is 192 g/mol. The third kappa shape index (κ3) is 4.63. The number of hydrogen-bond acceptors (Lipinski definition) is 3. The van der Waals surface area contributed by atoms with Crippen molar-refractivity contribution in [3.05, 3.63) is 18.2 Å². The molecule has 0 saturated carbocycles. The molecule has 4 nitrogen and oxygen atoms in total. The van der Waals surface area contributed by atoms with Gasteiger partial charge in [0.2, 0.25) is 0 Å². The van der Waals surface area contributed by atoms with Gasteiger partial charge in [-0.05, 0) is 6.92 Å². The first kappa shape index (κ1) is 11.8. The lowest BCUT2D eigenvalue weighted by Gasteiger charge is -2.06. The second kappa shape index (κ2) is 7.04. The molecule has 15 heavy (non-hydrogen) atoms. The van der Waals surface area contributed by atoms with E-state index in [-0.39, 0.29) is 0 Å². The first-order chi connectivity index (χ1) is 7.34. The minimum Gasteiger partial charge on any atom is -0.377 e. The summed E-state index contributed by atoms with van der Waals surface area (Å²) in [5.41, 5.74) is 0. The summed E-state index contributed by atoms with van der Waals surface area (Å²) in [5, 5.41) is 0. The van der Waals surface area contributed by atoms with Crippen molar-refractivity contribution in [1.82, 2.24) is 9.55 Å². The molecule has 1 heterocycles. The van der Waals surface area contributed by atoms with Gasteiger partial charge in [-0.3, -0.25) is 0 Å². The van der Waals surface area contributed by atoms with Gasteiger partial charge >= 0.3 is 0 Å². The van der Waals surface area contributed by atoms with Gasteiger partial charge in [0.15, 0.2) is 0 Å². The Morgan fingerprint density at radius 3 is 2.87 bits per heavy atom. The molecule has 0 saturated heterocycles. The van der Waals surface area contributed by atoms with Crippen LogP contribution < -0.4 is 0 Å². The van der Waals surface area contributed by atoms with Crippen molar-refractivity contribution in [3.63, 3.8) is 0 Å². The van der Waals surface area contributed by atoms with Gasteiger partial charge in [-0.1, -0.05) is 5.92 Å². The predicted molar refractivity (Wildman–Crippen MR) is 57.4 cm³/mol. The summed E-state index contributed by atoms with van der Waals surface area (Å²) < 4.78 is 12.5. The van der Waals surface area contributed by atoms with Crippen molar-refractivity contribution < 1.29 is 9.47 Å². The Kier molecular flexibility index (Phi) is 5.52. The van der Waals surface area contributed by atoms with Crippen molar-refractivity contribution >= 4 is 0 Å². The quantitative estimate of drug-likeness (QED) is 0.492. The van der Waals surface area contributed by atoms with Crippen LogP contribution in [0, 0.1) is 19.3 Å². The molecule has 0 amide bonds. The Labute approximate surface area is 90.2 Å². The maximum Gasteiger partial charge on any atom is 0.107 e. The highest BCUT2D eigenvalue weighted by Crippen LogP contribution is 1.94. The summed E-state index contributed by atoms with van der Waals surface area (Å²) in [4.78, 5) is 4.12. The zero-order valence-electron chi connectivity index (χ0n) is 8.98. The van der Waals surface area contributed by atoms with E-state index in [4.69, 9.17) is 15.9 Å². The highest BCUT2D eigenvalue weighted by Gasteiger charge is 1.95. The van der Waals surface area contributed by atoms with Crippen LogP contribution in [0.4, 0.5) is 0 Å². The molecule has 0 bridgehead atoms. The lowest BCUT2D eigenvalue weighted by atomic mass is 10.6. The summed E-state index contributed by atoms with van der Waals surface area (Å²) >= 11 is 0. The SMILES string of the molecule is C#CCOCCOCCn1ccnc1C. The zero-order valence-corrected chi connectivity index (χ0v) is 8.98. The fourth-order valence-electron chi connectivity index (χ4n) is 1.15. The molecular formula is C11H16N2O2. The van der Waals surface area contributed by atoms with E-state index in [2.05, 4.69) is 10.9 Å². The molecule has 0 aliphatic heterocycles. The molecule has 0 fully saturated rings. The molecule has 0 atom stereocenters. The molecule has 0 aliphatic rings. The Bertz CT molecular complexity index is 315. The Balaban J connectivity index is 1.98. The average molecular weight is 208 g/mol. The van der Waals surface area contributed by atoms with Crippen LogP contribution in [0.15, 0.2) is 12.4 Å². The highest BCUT2D eigenvalue weighted by atomic mass is 16.5. The molecule has 1 aromatic rings. The van der Waals surface area contributed by atoms with Crippen molar-refractivity contribution in [3.8, 4) is 12.3 Å².